The molecule has 3 aliphatic heterocycles. The molecule has 6 aromatic rings. The molecule has 0 spiro atoms. The summed E-state index contributed by atoms with van der Waals surface area (Å²) < 4.78 is 106. The number of anilines is 3. The second kappa shape index (κ2) is 22.0. The Balaban J connectivity index is 0.895. The number of phosphoric ester groups is 2. The van der Waals surface area contributed by atoms with E-state index >= 15 is 0 Å². The number of rotatable bonds is 21. The first kappa shape index (κ1) is 58.1. The minimum atomic E-state index is -6.26. The molecular weight excluding hydrogens is 1150 g/mol. The molecule has 15 N–H and O–H groups in total. The Hall–Kier alpha value is -5.60. The van der Waals surface area contributed by atoms with Crippen LogP contribution < -0.4 is 43.1 Å². The molecule has 0 radical (unpaired) electrons. The summed E-state index contributed by atoms with van der Waals surface area (Å²) >= 11 is 0. The molecule has 9 heterocycles. The number of aromatic nitrogens is 12. The van der Waals surface area contributed by atoms with Crippen molar-refractivity contribution in [3.05, 3.63) is 46.0 Å². The molecule has 16 atom stereocenters. The number of phosphoric acid groups is 3. The van der Waals surface area contributed by atoms with E-state index in [0.29, 0.717) is 0 Å². The number of aliphatic hydroxyl groups excluding tert-OH is 3. The molecule has 0 aliphatic carbocycles. The summed E-state index contributed by atoms with van der Waals surface area (Å²) in [4.78, 5) is 113. The second-order valence-corrected chi connectivity index (χ2v) is 24.4. The fourth-order valence-electron chi connectivity index (χ4n) is 9.30. The molecule has 3 fully saturated rings. The molecule has 3 aliphatic rings. The number of fused-ring (bicyclic) bond motifs is 3. The minimum absolute atomic E-state index is 0.0119. The normalized spacial score (nSPS) is 29.4. The molecule has 3 saturated heterocycles. The van der Waals surface area contributed by atoms with E-state index < -0.39 is 147 Å². The lowest BCUT2D eigenvalue weighted by molar-refractivity contribution is -0.745. The molecule has 432 valence electrons. The van der Waals surface area contributed by atoms with Crippen LogP contribution >= 0.6 is 31.1 Å². The monoisotopic (exact) mass is 1200 g/mol. The highest BCUT2D eigenvalue weighted by Gasteiger charge is 2.55. The number of nitrogens with zero attached hydrogens (tertiary/aromatic N) is 10. The van der Waals surface area contributed by atoms with Gasteiger partial charge >= 0.3 is 29.1 Å². The molecule has 1 amide bonds. The smallest absolute Gasteiger partial charge is 0.490 e. The zero-order chi connectivity index (χ0) is 57.3. The SMILES string of the molecule is CCNC(=O)CC1[C@@H](O)[C@H]([n+]2cn(C)c3c(=O)[nH]c(N)nc32)O[C@@H]1COP(=O)(O)OP(=O)(O)OP(=O)(O)OC[C@H]1O[C@@H](n2cnc3c(N)ncnc32)[C@H](OC)[C@@H]1P(=O)([O-])OC[C@H]1O[C@@H](n2cnc3c(=O)[nH]c(N)nc32)[C@H](O)[C@@H]1O. The zero-order valence-electron chi connectivity index (χ0n) is 40.9. The van der Waals surface area contributed by atoms with Gasteiger partial charge in [-0.1, -0.05) is 4.98 Å². The van der Waals surface area contributed by atoms with Crippen molar-refractivity contribution in [1.82, 2.24) is 58.9 Å². The average molecular weight is 1200 g/mol. The molecule has 6 aromatic heterocycles. The summed E-state index contributed by atoms with van der Waals surface area (Å²) in [6.07, 6.45) is -12.6. The van der Waals surface area contributed by atoms with Gasteiger partial charge in [-0.05, 0) is 6.92 Å². The maximum atomic E-state index is 14.3. The third-order valence-corrected chi connectivity index (χ3v) is 18.8. The van der Waals surface area contributed by atoms with Crippen LogP contribution in [0.5, 0.6) is 0 Å². The standard InChI is InChI=1S/C36H50N16O23P4/c1-4-40-17(53)5-13-14(71-32(21(13)54)52-12-49(2)20-29(52)46-36(39)48-31(20)58)6-69-77(61,62)74-79(65,66)75-78(63,64)70-8-16-25(24(67-3)34(73-16)50-10-43-18-26(37)41-9-42-27(18)50)76(59,60)68-7-15-22(55)23(56)33(72-15)51-11-44-19-28(51)45-35(38)47-30(19)57/h9-16,21-25,32-34,54-56H,4-8H2,1-3H3,(H12-,37,38,39,40,41,42,45,46,47,48,53,57,58,59,60,61,62,63,64,65,66)/t13?,14-,15-,16-,21-,22-,23-,24-,25-,32-,33-,34-/m1/s1. The van der Waals surface area contributed by atoms with Crippen LogP contribution in [-0.4, -0.2) is 171 Å². The number of methoxy groups -OCH3 is 1. The largest absolute Gasteiger partial charge is 0.778 e. The number of aryl methyl sites for hydroxylation is 1. The van der Waals surface area contributed by atoms with Gasteiger partial charge in [-0.3, -0.25) is 47.1 Å². The van der Waals surface area contributed by atoms with Gasteiger partial charge in [0.2, 0.25) is 23.6 Å². The first-order valence-electron chi connectivity index (χ1n) is 23.0. The Bertz CT molecular complexity index is 3620. The van der Waals surface area contributed by atoms with Gasteiger partial charge in [0.05, 0.1) is 57.4 Å². The first-order chi connectivity index (χ1) is 37.1. The van der Waals surface area contributed by atoms with Gasteiger partial charge in [0.1, 0.15) is 50.0 Å². The van der Waals surface area contributed by atoms with Crippen LogP contribution in [-0.2, 0) is 71.2 Å². The number of nitrogen functional groups attached to an aromatic ring is 3. The van der Waals surface area contributed by atoms with Gasteiger partial charge in [-0.2, -0.15) is 13.6 Å². The zero-order valence-corrected chi connectivity index (χ0v) is 44.5. The van der Waals surface area contributed by atoms with Crippen molar-refractivity contribution >= 4 is 88.2 Å². The third kappa shape index (κ3) is 11.7. The van der Waals surface area contributed by atoms with Crippen LogP contribution in [0.3, 0.4) is 0 Å². The van der Waals surface area contributed by atoms with Crippen molar-refractivity contribution in [2.24, 2.45) is 13.0 Å². The number of hydrogen-bond acceptors (Lipinski definition) is 29. The molecule has 0 saturated carbocycles. The number of carbonyl (C=O) groups excluding carboxylic acids is 1. The van der Waals surface area contributed by atoms with Crippen molar-refractivity contribution in [3.63, 3.8) is 0 Å². The maximum Gasteiger partial charge on any atom is 0.490 e. The van der Waals surface area contributed by atoms with Crippen molar-refractivity contribution < 1.29 is 104 Å². The summed E-state index contributed by atoms with van der Waals surface area (Å²) in [6, 6.07) is 0. The predicted molar refractivity (Wildman–Crippen MR) is 256 cm³/mol. The highest BCUT2D eigenvalue weighted by Crippen LogP contribution is 2.68. The number of nitrogens with one attached hydrogen (secondary N) is 3. The molecule has 0 bridgehead atoms. The number of amides is 1. The van der Waals surface area contributed by atoms with Gasteiger partial charge in [0, 0.05) is 26.0 Å². The average Bonchev–Trinajstić information content (AvgIpc) is 4.22. The van der Waals surface area contributed by atoms with Gasteiger partial charge in [0.25, 0.3) is 17.1 Å². The van der Waals surface area contributed by atoms with E-state index in [0.717, 1.165) is 35.2 Å². The number of ether oxygens (including phenoxy) is 4. The fourth-order valence-corrected chi connectivity index (χ4v) is 14.5. The van der Waals surface area contributed by atoms with Gasteiger partial charge in [-0.15, -0.1) is 0 Å². The third-order valence-electron chi connectivity index (χ3n) is 12.7. The lowest BCUT2D eigenvalue weighted by Crippen LogP contribution is -2.45. The molecular formula is C36H50N16O23P4. The molecule has 0 aromatic carbocycles. The number of hydrogen-bond donors (Lipinski definition) is 12. The summed E-state index contributed by atoms with van der Waals surface area (Å²) in [5.74, 6) is -2.61. The minimum Gasteiger partial charge on any atom is -0.778 e. The number of imidazole rings is 3. The van der Waals surface area contributed by atoms with E-state index in [9.17, 15) is 67.5 Å². The quantitative estimate of drug-likeness (QED) is 0.0239. The van der Waals surface area contributed by atoms with E-state index in [4.69, 9.17) is 49.7 Å². The Labute approximate surface area is 439 Å². The van der Waals surface area contributed by atoms with Crippen molar-refractivity contribution in [3.8, 4) is 0 Å². The molecule has 79 heavy (non-hydrogen) atoms. The summed E-state index contributed by atoms with van der Waals surface area (Å²) in [5, 5.41) is 35.9. The van der Waals surface area contributed by atoms with Crippen molar-refractivity contribution in [2.75, 3.05) is 50.7 Å². The topological polar surface area (TPSA) is 565 Å². The lowest BCUT2D eigenvalue weighted by Gasteiger charge is -2.35. The molecule has 5 unspecified atom stereocenters. The predicted octanol–water partition coefficient (Wildman–Crippen LogP) is -4.49. The molecule has 9 rings (SSSR count). The van der Waals surface area contributed by atoms with E-state index in [-0.39, 0.29) is 57.8 Å². The van der Waals surface area contributed by atoms with Gasteiger partial charge < -0.3 is 85.4 Å². The highest BCUT2D eigenvalue weighted by molar-refractivity contribution is 7.66. The highest BCUT2D eigenvalue weighted by atomic mass is 31.3. The van der Waals surface area contributed by atoms with Crippen molar-refractivity contribution in [2.45, 2.75) is 80.4 Å². The second-order valence-electron chi connectivity index (χ2n) is 17.8. The fraction of sp³-hybridized carbons (Fsp3) is 0.556. The number of aliphatic hydroxyl groups is 3. The van der Waals surface area contributed by atoms with Crippen LogP contribution in [0.25, 0.3) is 33.5 Å². The number of H-pyrrole nitrogens is 2. The van der Waals surface area contributed by atoms with Crippen LogP contribution in [0.4, 0.5) is 17.7 Å². The van der Waals surface area contributed by atoms with Crippen LogP contribution in [0.15, 0.2) is 34.9 Å². The Morgan fingerprint density at radius 3 is 2.06 bits per heavy atom. The van der Waals surface area contributed by atoms with Crippen LogP contribution in [0.1, 0.15) is 32.0 Å². The Morgan fingerprint density at radius 1 is 0.785 bits per heavy atom. The van der Waals surface area contributed by atoms with E-state index in [1.54, 1.807) is 6.92 Å². The van der Waals surface area contributed by atoms with Crippen LogP contribution in [0.2, 0.25) is 0 Å². The first-order valence-corrected chi connectivity index (χ1v) is 29.1. The summed E-state index contributed by atoms with van der Waals surface area (Å²) in [6.45, 7) is -1.69. The number of carbonyl (C=O) groups is 1. The summed E-state index contributed by atoms with van der Waals surface area (Å²) in [7, 11) is -21.3. The number of nitrogens with two attached hydrogens (primary N) is 3. The molecule has 43 heteroatoms. The Kier molecular flexibility index (Phi) is 16.2. The van der Waals surface area contributed by atoms with E-state index in [1.807, 2.05) is 0 Å². The van der Waals surface area contributed by atoms with E-state index in [2.05, 4.69) is 53.8 Å². The summed E-state index contributed by atoms with van der Waals surface area (Å²) in [5.41, 5.74) is 13.4. The van der Waals surface area contributed by atoms with Gasteiger partial charge in [-0.25, -0.2) is 38.2 Å². The molecule has 39 nitrogen and oxygen atoms in total. The Morgan fingerprint density at radius 2 is 1.39 bits per heavy atom. The van der Waals surface area contributed by atoms with Crippen molar-refractivity contribution in [1.29, 1.82) is 0 Å². The van der Waals surface area contributed by atoms with E-state index in [1.165, 1.54) is 22.5 Å². The maximum absolute atomic E-state index is 14.3. The van der Waals surface area contributed by atoms with Crippen LogP contribution in [0, 0.1) is 5.92 Å². The van der Waals surface area contributed by atoms with Gasteiger partial charge in [0.15, 0.2) is 41.4 Å². The number of aromatic amines is 2. The lowest BCUT2D eigenvalue weighted by atomic mass is 9.94.